The van der Waals surface area contributed by atoms with E-state index in [9.17, 15) is 24.8 Å². The van der Waals surface area contributed by atoms with Gasteiger partial charge in [-0.05, 0) is 30.7 Å². The summed E-state index contributed by atoms with van der Waals surface area (Å²) < 4.78 is 0. The molecule has 1 heterocycles. The van der Waals surface area contributed by atoms with E-state index in [0.29, 0.717) is 0 Å². The molecule has 5 rings (SSSR count). The number of hydrazone groups is 1. The lowest BCUT2D eigenvalue weighted by atomic mass is 9.63. The Morgan fingerprint density at radius 3 is 2.28 bits per heavy atom. The molecule has 2 fully saturated rings. The molecular formula is C17H15N3O5. The predicted molar refractivity (Wildman–Crippen MR) is 86.5 cm³/mol. The molecule has 128 valence electrons. The van der Waals surface area contributed by atoms with Crippen LogP contribution in [0.3, 0.4) is 0 Å². The van der Waals surface area contributed by atoms with Gasteiger partial charge in [-0.15, -0.1) is 0 Å². The number of carbonyl (C=O) groups is 2. The number of carbonyl (C=O) groups excluding carboxylic acids is 2. The van der Waals surface area contributed by atoms with Crippen LogP contribution in [0, 0.1) is 33.8 Å². The van der Waals surface area contributed by atoms with E-state index in [1.807, 2.05) is 12.2 Å². The van der Waals surface area contributed by atoms with E-state index in [4.69, 9.17) is 0 Å². The monoisotopic (exact) mass is 341 g/mol. The number of nitrogens with zero attached hydrogens (tertiary/aromatic N) is 3. The number of hydrogen-bond donors (Lipinski definition) is 1. The summed E-state index contributed by atoms with van der Waals surface area (Å²) in [6.45, 7) is 0. The number of aromatic hydroxyl groups is 1. The van der Waals surface area contributed by atoms with Crippen LogP contribution >= 0.6 is 0 Å². The SMILES string of the molecule is O=C1[C@@H]2[C@H](C(=O)N1/N=C\c1cc([N+](=O)[O-])ccc1O)[C@H]1C=C[C@H]2CC1. The molecule has 0 unspecified atom stereocenters. The first-order valence-electron chi connectivity index (χ1n) is 8.05. The summed E-state index contributed by atoms with van der Waals surface area (Å²) in [5.41, 5.74) is -0.139. The number of imide groups is 1. The van der Waals surface area contributed by atoms with Gasteiger partial charge in [0.05, 0.1) is 23.0 Å². The van der Waals surface area contributed by atoms with E-state index >= 15 is 0 Å². The summed E-state index contributed by atoms with van der Waals surface area (Å²) in [5, 5.41) is 25.4. The smallest absolute Gasteiger partial charge is 0.270 e. The van der Waals surface area contributed by atoms with Gasteiger partial charge in [-0.3, -0.25) is 19.7 Å². The number of non-ortho nitro benzene ring substituents is 1. The van der Waals surface area contributed by atoms with Crippen molar-refractivity contribution in [1.29, 1.82) is 0 Å². The average Bonchev–Trinajstić information content (AvgIpc) is 2.88. The number of benzene rings is 1. The van der Waals surface area contributed by atoms with Crippen molar-refractivity contribution in [3.8, 4) is 5.75 Å². The van der Waals surface area contributed by atoms with Crippen molar-refractivity contribution in [2.24, 2.45) is 28.8 Å². The van der Waals surface area contributed by atoms with Crippen LogP contribution in [0.2, 0.25) is 0 Å². The Balaban J connectivity index is 1.63. The molecule has 2 amide bonds. The fourth-order valence-corrected chi connectivity index (χ4v) is 4.05. The fourth-order valence-electron chi connectivity index (χ4n) is 4.05. The van der Waals surface area contributed by atoms with Gasteiger partial charge in [0.25, 0.3) is 17.5 Å². The van der Waals surface area contributed by atoms with Crippen molar-refractivity contribution in [2.75, 3.05) is 0 Å². The molecule has 8 heteroatoms. The van der Waals surface area contributed by atoms with Crippen LogP contribution in [0.5, 0.6) is 5.75 Å². The highest BCUT2D eigenvalue weighted by Gasteiger charge is 2.56. The van der Waals surface area contributed by atoms with Crippen LogP contribution in [0.4, 0.5) is 5.69 Å². The van der Waals surface area contributed by atoms with E-state index < -0.39 is 4.92 Å². The first kappa shape index (κ1) is 15.5. The fraction of sp³-hybridized carbons (Fsp3) is 0.353. The van der Waals surface area contributed by atoms with Crippen LogP contribution in [0.25, 0.3) is 0 Å². The van der Waals surface area contributed by atoms with Crippen molar-refractivity contribution in [1.82, 2.24) is 5.01 Å². The normalized spacial score (nSPS) is 30.3. The molecule has 4 aliphatic rings. The zero-order chi connectivity index (χ0) is 17.7. The number of fused-ring (bicyclic) bond motifs is 1. The van der Waals surface area contributed by atoms with Crippen LogP contribution in [-0.4, -0.2) is 33.1 Å². The Kier molecular flexibility index (Phi) is 3.41. The molecular weight excluding hydrogens is 326 g/mol. The Bertz CT molecular complexity index is 815. The zero-order valence-electron chi connectivity index (χ0n) is 13.1. The number of phenolic OH excluding ortho intramolecular Hbond substituents is 1. The van der Waals surface area contributed by atoms with Crippen molar-refractivity contribution in [3.05, 3.63) is 46.0 Å². The molecule has 4 atom stereocenters. The maximum absolute atomic E-state index is 12.6. The van der Waals surface area contributed by atoms with Gasteiger partial charge < -0.3 is 5.11 Å². The summed E-state index contributed by atoms with van der Waals surface area (Å²) in [6, 6.07) is 3.48. The number of hydrogen-bond acceptors (Lipinski definition) is 6. The first-order valence-corrected chi connectivity index (χ1v) is 8.05. The second-order valence-corrected chi connectivity index (χ2v) is 6.57. The highest BCUT2D eigenvalue weighted by atomic mass is 16.6. The van der Waals surface area contributed by atoms with E-state index in [1.54, 1.807) is 0 Å². The topological polar surface area (TPSA) is 113 Å². The Morgan fingerprint density at radius 1 is 1.16 bits per heavy atom. The molecule has 0 spiro atoms. The largest absolute Gasteiger partial charge is 0.507 e. The average molecular weight is 341 g/mol. The highest BCUT2D eigenvalue weighted by molar-refractivity contribution is 6.06. The molecule has 1 saturated carbocycles. The molecule has 1 aromatic carbocycles. The Labute approximate surface area is 142 Å². The van der Waals surface area contributed by atoms with E-state index in [0.717, 1.165) is 36.2 Å². The lowest BCUT2D eigenvalue weighted by molar-refractivity contribution is -0.384. The minimum atomic E-state index is -0.596. The number of nitro groups is 1. The summed E-state index contributed by atoms with van der Waals surface area (Å²) >= 11 is 0. The molecule has 1 saturated heterocycles. The maximum atomic E-state index is 12.6. The van der Waals surface area contributed by atoms with E-state index in [-0.39, 0.29) is 52.5 Å². The van der Waals surface area contributed by atoms with Gasteiger partial charge in [0, 0.05) is 17.7 Å². The summed E-state index contributed by atoms with van der Waals surface area (Å²) in [7, 11) is 0. The predicted octanol–water partition coefficient (Wildman–Crippen LogP) is 1.83. The quantitative estimate of drug-likeness (QED) is 0.296. The number of nitro benzene ring substituents is 1. The van der Waals surface area contributed by atoms with Crippen LogP contribution in [0.15, 0.2) is 35.5 Å². The van der Waals surface area contributed by atoms with Crippen LogP contribution in [0.1, 0.15) is 18.4 Å². The minimum Gasteiger partial charge on any atom is -0.507 e. The second-order valence-electron chi connectivity index (χ2n) is 6.57. The molecule has 25 heavy (non-hydrogen) atoms. The molecule has 8 nitrogen and oxygen atoms in total. The van der Waals surface area contributed by atoms with Gasteiger partial charge in [-0.1, -0.05) is 12.2 Å². The first-order chi connectivity index (χ1) is 12.0. The van der Waals surface area contributed by atoms with Crippen molar-refractivity contribution >= 4 is 23.7 Å². The van der Waals surface area contributed by atoms with Crippen LogP contribution in [-0.2, 0) is 9.59 Å². The van der Waals surface area contributed by atoms with Gasteiger partial charge in [0.2, 0.25) is 0 Å². The summed E-state index contributed by atoms with van der Waals surface area (Å²) in [5.74, 6) is -1.49. The lowest BCUT2D eigenvalue weighted by Gasteiger charge is -2.37. The molecule has 0 aromatic heterocycles. The number of phenols is 1. The summed E-state index contributed by atoms with van der Waals surface area (Å²) in [4.78, 5) is 35.5. The van der Waals surface area contributed by atoms with Crippen molar-refractivity contribution < 1.29 is 19.6 Å². The number of rotatable bonds is 3. The molecule has 2 bridgehead atoms. The lowest BCUT2D eigenvalue weighted by Crippen LogP contribution is -2.38. The van der Waals surface area contributed by atoms with Gasteiger partial charge >= 0.3 is 0 Å². The van der Waals surface area contributed by atoms with Gasteiger partial charge in [-0.25, -0.2) is 0 Å². The van der Waals surface area contributed by atoms with Gasteiger partial charge in [0.15, 0.2) is 0 Å². The minimum absolute atomic E-state index is 0.0675. The van der Waals surface area contributed by atoms with Crippen LogP contribution < -0.4 is 0 Å². The van der Waals surface area contributed by atoms with Crippen molar-refractivity contribution in [2.45, 2.75) is 12.8 Å². The molecule has 1 N–H and O–H groups in total. The van der Waals surface area contributed by atoms with Crippen molar-refractivity contribution in [3.63, 3.8) is 0 Å². The van der Waals surface area contributed by atoms with E-state index in [1.165, 1.54) is 6.07 Å². The third-order valence-electron chi connectivity index (χ3n) is 5.27. The molecule has 3 aliphatic carbocycles. The maximum Gasteiger partial charge on any atom is 0.270 e. The number of allylic oxidation sites excluding steroid dienone is 2. The van der Waals surface area contributed by atoms with Gasteiger partial charge in [0.1, 0.15) is 5.75 Å². The standard InChI is InChI=1S/C17H15N3O5/c21-13-6-5-12(20(24)25)7-11(13)8-18-19-16(22)14-9-1-2-10(4-3-9)15(14)17(19)23/h1-2,5-10,14-15,21H,3-4H2/b18-8-/t9-,10-,14-,15+/m0/s1. The Hall–Kier alpha value is -3.03. The molecule has 1 aromatic rings. The third kappa shape index (κ3) is 2.33. The molecule has 1 aliphatic heterocycles. The van der Waals surface area contributed by atoms with E-state index in [2.05, 4.69) is 5.10 Å². The molecule has 0 radical (unpaired) electrons. The Morgan fingerprint density at radius 2 is 1.76 bits per heavy atom. The number of amides is 2. The summed E-state index contributed by atoms with van der Waals surface area (Å²) in [6.07, 6.45) is 6.93. The van der Waals surface area contributed by atoms with Gasteiger partial charge in [-0.2, -0.15) is 10.1 Å². The zero-order valence-corrected chi connectivity index (χ0v) is 13.1. The third-order valence-corrected chi connectivity index (χ3v) is 5.27. The second kappa shape index (κ2) is 5.51. The highest BCUT2D eigenvalue weighted by Crippen LogP contribution is 2.49.